The summed E-state index contributed by atoms with van der Waals surface area (Å²) in [5.41, 5.74) is 1.24. The van der Waals surface area contributed by atoms with E-state index in [1.54, 1.807) is 7.05 Å². The molecule has 4 nitrogen and oxygen atoms in total. The molecule has 0 unspecified atom stereocenters. The molecule has 2 N–H and O–H groups in total. The number of aryl methyl sites for hydroxylation is 1. The van der Waals surface area contributed by atoms with Gasteiger partial charge in [0.25, 0.3) is 0 Å². The average molecular weight is 256 g/mol. The van der Waals surface area contributed by atoms with Crippen LogP contribution in [0, 0.1) is 0 Å². The molecule has 0 aliphatic carbocycles. The van der Waals surface area contributed by atoms with Crippen molar-refractivity contribution in [1.82, 2.24) is 10.0 Å². The lowest BCUT2D eigenvalue weighted by molar-refractivity contribution is 0.576. The van der Waals surface area contributed by atoms with E-state index in [2.05, 4.69) is 22.2 Å². The van der Waals surface area contributed by atoms with Crippen molar-refractivity contribution < 1.29 is 8.42 Å². The van der Waals surface area contributed by atoms with Crippen LogP contribution in [0.1, 0.15) is 12.0 Å². The Kier molecular flexibility index (Phi) is 6.18. The summed E-state index contributed by atoms with van der Waals surface area (Å²) < 4.78 is 25.5. The van der Waals surface area contributed by atoms with Crippen molar-refractivity contribution in [2.45, 2.75) is 12.8 Å². The van der Waals surface area contributed by atoms with Crippen LogP contribution in [-0.2, 0) is 16.4 Å². The van der Waals surface area contributed by atoms with Gasteiger partial charge in [-0.1, -0.05) is 30.3 Å². The minimum absolute atomic E-state index is 0.134. The van der Waals surface area contributed by atoms with E-state index in [9.17, 15) is 8.42 Å². The lowest BCUT2D eigenvalue weighted by Gasteiger charge is -2.06. The molecule has 0 aliphatic rings. The largest absolute Gasteiger partial charge is 0.319 e. The second-order valence-corrected chi connectivity index (χ2v) is 5.83. The lowest BCUT2D eigenvalue weighted by Crippen LogP contribution is -2.31. The molecule has 0 saturated carbocycles. The predicted molar refractivity (Wildman–Crippen MR) is 70.5 cm³/mol. The summed E-state index contributed by atoms with van der Waals surface area (Å²) in [7, 11) is -1.37. The van der Waals surface area contributed by atoms with Crippen LogP contribution in [0.4, 0.5) is 0 Å². The van der Waals surface area contributed by atoms with Crippen molar-refractivity contribution in [2.24, 2.45) is 0 Å². The zero-order valence-electron chi connectivity index (χ0n) is 10.1. The zero-order valence-corrected chi connectivity index (χ0v) is 11.0. The first-order valence-electron chi connectivity index (χ1n) is 5.80. The Morgan fingerprint density at radius 3 is 2.47 bits per heavy atom. The van der Waals surface area contributed by atoms with Crippen LogP contribution in [0.5, 0.6) is 0 Å². The Bertz CT molecular complexity index is 404. The van der Waals surface area contributed by atoms with E-state index in [1.165, 1.54) is 5.56 Å². The van der Waals surface area contributed by atoms with Crippen LogP contribution in [0.3, 0.4) is 0 Å². The maximum absolute atomic E-state index is 11.4. The van der Waals surface area contributed by atoms with Crippen LogP contribution >= 0.6 is 0 Å². The van der Waals surface area contributed by atoms with Gasteiger partial charge < -0.3 is 5.32 Å². The third-order valence-corrected chi connectivity index (χ3v) is 3.81. The van der Waals surface area contributed by atoms with Crippen LogP contribution in [0.25, 0.3) is 0 Å². The number of rotatable bonds is 8. The van der Waals surface area contributed by atoms with Gasteiger partial charge in [-0.15, -0.1) is 0 Å². The van der Waals surface area contributed by atoms with E-state index in [-0.39, 0.29) is 5.75 Å². The molecule has 1 aromatic carbocycles. The molecule has 0 atom stereocenters. The summed E-state index contributed by atoms with van der Waals surface area (Å²) in [6, 6.07) is 10.1. The molecule has 96 valence electrons. The van der Waals surface area contributed by atoms with Gasteiger partial charge in [-0.05, 0) is 25.5 Å². The van der Waals surface area contributed by atoms with Crippen molar-refractivity contribution in [3.05, 3.63) is 35.9 Å². The first-order chi connectivity index (χ1) is 8.14. The molecule has 0 amide bonds. The Morgan fingerprint density at radius 1 is 1.12 bits per heavy atom. The van der Waals surface area contributed by atoms with Gasteiger partial charge in [-0.2, -0.15) is 0 Å². The molecule has 0 heterocycles. The molecule has 17 heavy (non-hydrogen) atoms. The molecule has 0 radical (unpaired) electrons. The highest BCUT2D eigenvalue weighted by molar-refractivity contribution is 7.89. The molecular formula is C12H20N2O2S. The fraction of sp³-hybridized carbons (Fsp3) is 0.500. The van der Waals surface area contributed by atoms with Gasteiger partial charge >= 0.3 is 0 Å². The average Bonchev–Trinajstić information content (AvgIpc) is 2.34. The minimum atomic E-state index is -3.11. The van der Waals surface area contributed by atoms with Crippen molar-refractivity contribution >= 4 is 10.0 Å². The summed E-state index contributed by atoms with van der Waals surface area (Å²) in [6.45, 7) is 0.981. The van der Waals surface area contributed by atoms with Crippen molar-refractivity contribution in [3.63, 3.8) is 0 Å². The van der Waals surface area contributed by atoms with Gasteiger partial charge in [0.2, 0.25) is 10.0 Å². The minimum Gasteiger partial charge on any atom is -0.319 e. The van der Waals surface area contributed by atoms with Crippen LogP contribution in [0.2, 0.25) is 0 Å². The molecule has 5 heteroatoms. The Labute approximate surface area is 103 Å². The molecule has 0 spiro atoms. The van der Waals surface area contributed by atoms with Gasteiger partial charge in [0.05, 0.1) is 5.75 Å². The summed E-state index contributed by atoms with van der Waals surface area (Å²) in [4.78, 5) is 0. The van der Waals surface area contributed by atoms with Crippen molar-refractivity contribution in [2.75, 3.05) is 25.9 Å². The fourth-order valence-corrected chi connectivity index (χ4v) is 2.55. The highest BCUT2D eigenvalue weighted by Crippen LogP contribution is 2.01. The van der Waals surface area contributed by atoms with Crippen LogP contribution in [-0.4, -0.2) is 34.3 Å². The van der Waals surface area contributed by atoms with Crippen molar-refractivity contribution in [1.29, 1.82) is 0 Å². The molecule has 0 aliphatic heterocycles. The van der Waals surface area contributed by atoms with Gasteiger partial charge in [0.1, 0.15) is 0 Å². The number of hydrogen-bond acceptors (Lipinski definition) is 3. The summed E-state index contributed by atoms with van der Waals surface area (Å²) in [5.74, 6) is 0.134. The number of hydrogen-bond donors (Lipinski definition) is 2. The van der Waals surface area contributed by atoms with Gasteiger partial charge in [0, 0.05) is 13.1 Å². The molecule has 0 fully saturated rings. The third kappa shape index (κ3) is 6.41. The molecule has 0 aromatic heterocycles. The van der Waals surface area contributed by atoms with E-state index in [0.717, 1.165) is 12.8 Å². The van der Waals surface area contributed by atoms with Gasteiger partial charge in [-0.3, -0.25) is 0 Å². The fourth-order valence-electron chi connectivity index (χ4n) is 1.47. The van der Waals surface area contributed by atoms with Gasteiger partial charge in [-0.25, -0.2) is 13.1 Å². The van der Waals surface area contributed by atoms with Crippen molar-refractivity contribution in [3.8, 4) is 0 Å². The molecular weight excluding hydrogens is 236 g/mol. The second kappa shape index (κ2) is 7.42. The zero-order chi connectivity index (χ0) is 12.6. The Morgan fingerprint density at radius 2 is 1.82 bits per heavy atom. The van der Waals surface area contributed by atoms with E-state index >= 15 is 0 Å². The summed E-state index contributed by atoms with van der Waals surface area (Å²) in [6.07, 6.45) is 1.72. The van der Waals surface area contributed by atoms with Gasteiger partial charge in [0.15, 0.2) is 0 Å². The Hall–Kier alpha value is -0.910. The Balaban J connectivity index is 2.20. The highest BCUT2D eigenvalue weighted by Gasteiger charge is 2.07. The van der Waals surface area contributed by atoms with E-state index in [1.807, 2.05) is 18.2 Å². The smallest absolute Gasteiger partial charge is 0.212 e. The lowest BCUT2D eigenvalue weighted by atomic mass is 10.1. The van der Waals surface area contributed by atoms with Crippen LogP contribution in [0.15, 0.2) is 30.3 Å². The molecule has 0 saturated heterocycles. The van der Waals surface area contributed by atoms with Crippen LogP contribution < -0.4 is 10.0 Å². The quantitative estimate of drug-likeness (QED) is 0.675. The number of benzene rings is 1. The number of nitrogens with one attached hydrogen (secondary N) is 2. The normalized spacial score (nSPS) is 11.6. The predicted octanol–water partition coefficient (Wildman–Crippen LogP) is 0.758. The molecule has 1 rings (SSSR count). The standard InChI is InChI=1S/C12H20N2O2S/c1-13-10-11-17(15,16)14-9-5-8-12-6-3-2-4-7-12/h2-4,6-7,13-14H,5,8-11H2,1H3. The van der Waals surface area contributed by atoms with E-state index in [4.69, 9.17) is 0 Å². The summed E-state index contributed by atoms with van der Waals surface area (Å²) >= 11 is 0. The topological polar surface area (TPSA) is 58.2 Å². The first kappa shape index (κ1) is 14.2. The second-order valence-electron chi connectivity index (χ2n) is 3.91. The first-order valence-corrected chi connectivity index (χ1v) is 7.45. The molecule has 1 aromatic rings. The molecule has 0 bridgehead atoms. The maximum Gasteiger partial charge on any atom is 0.212 e. The van der Waals surface area contributed by atoms with E-state index < -0.39 is 10.0 Å². The van der Waals surface area contributed by atoms with E-state index in [0.29, 0.717) is 13.1 Å². The highest BCUT2D eigenvalue weighted by atomic mass is 32.2. The maximum atomic E-state index is 11.4. The third-order valence-electron chi connectivity index (χ3n) is 2.43. The monoisotopic (exact) mass is 256 g/mol. The number of sulfonamides is 1. The summed E-state index contributed by atoms with van der Waals surface area (Å²) in [5, 5.41) is 2.82. The SMILES string of the molecule is CNCCS(=O)(=O)NCCCc1ccccc1.